The number of hydrogen-bond donors (Lipinski definition) is 3. The standard InChI is InChI=1S/C24H21F3N4O/c1-16(19-10-12-29-13-11-19)2-3-17-4-7-20(8-5-17)23(32)31-30-22-9-6-18(15-28)14-21(22)24(25,26)27/h4-14,29-30H,2-3H2,1H3,(H,31,32). The number of hydrazine groups is 1. The summed E-state index contributed by atoms with van der Waals surface area (Å²) >= 11 is 0. The molecule has 0 radical (unpaired) electrons. The number of dihydropyridines is 1. The number of carbonyl (C=O) groups is 1. The van der Waals surface area contributed by atoms with Crippen LogP contribution in [0.5, 0.6) is 0 Å². The SMILES string of the molecule is CC(CCc1ccc(C(=O)NNc2ccc(C#N)cc2C(F)(F)F)cc1)=C1C=CNC=C1. The molecule has 0 saturated carbocycles. The number of amides is 1. The Bertz CT molecular complexity index is 1110. The number of halogens is 3. The molecule has 2 aromatic rings. The van der Waals surface area contributed by atoms with Gasteiger partial charge in [0.25, 0.3) is 5.91 Å². The maximum Gasteiger partial charge on any atom is 0.418 e. The number of nitrogens with zero attached hydrogens (tertiary/aromatic N) is 1. The first-order valence-corrected chi connectivity index (χ1v) is 9.83. The normalized spacial score (nSPS) is 12.7. The van der Waals surface area contributed by atoms with Crippen LogP contribution in [0.3, 0.4) is 0 Å². The summed E-state index contributed by atoms with van der Waals surface area (Å²) in [5, 5.41) is 11.8. The van der Waals surface area contributed by atoms with Crippen molar-refractivity contribution < 1.29 is 18.0 Å². The van der Waals surface area contributed by atoms with Gasteiger partial charge in [0.1, 0.15) is 0 Å². The van der Waals surface area contributed by atoms with Crippen LogP contribution in [0.15, 0.2) is 78.2 Å². The number of anilines is 1. The molecule has 0 saturated heterocycles. The second-order valence-corrected chi connectivity index (χ2v) is 7.21. The average Bonchev–Trinajstić information content (AvgIpc) is 2.81. The van der Waals surface area contributed by atoms with Crippen LogP contribution < -0.4 is 16.2 Å². The summed E-state index contributed by atoms with van der Waals surface area (Å²) in [6, 6.07) is 11.7. The monoisotopic (exact) mass is 438 g/mol. The Morgan fingerprint density at radius 3 is 2.41 bits per heavy atom. The van der Waals surface area contributed by atoms with Gasteiger partial charge in [-0.3, -0.25) is 15.6 Å². The summed E-state index contributed by atoms with van der Waals surface area (Å²) in [6.45, 7) is 2.07. The smallest absolute Gasteiger partial charge is 0.368 e. The molecule has 32 heavy (non-hydrogen) atoms. The molecule has 0 aliphatic carbocycles. The van der Waals surface area contributed by atoms with E-state index in [0.717, 1.165) is 36.1 Å². The third kappa shape index (κ3) is 5.79. The molecular weight excluding hydrogens is 417 g/mol. The molecule has 1 aliphatic rings. The van der Waals surface area contributed by atoms with Crippen molar-refractivity contribution in [1.29, 1.82) is 5.26 Å². The Hall–Kier alpha value is -3.99. The molecule has 2 aromatic carbocycles. The first-order valence-electron chi connectivity index (χ1n) is 9.83. The lowest BCUT2D eigenvalue weighted by atomic mass is 10.00. The highest BCUT2D eigenvalue weighted by Crippen LogP contribution is 2.35. The van der Waals surface area contributed by atoms with Crippen molar-refractivity contribution in [1.82, 2.24) is 10.7 Å². The predicted molar refractivity (Wildman–Crippen MR) is 116 cm³/mol. The molecule has 0 aromatic heterocycles. The number of carbonyl (C=O) groups excluding carboxylic acids is 1. The molecule has 8 heteroatoms. The topological polar surface area (TPSA) is 77.0 Å². The Morgan fingerprint density at radius 1 is 1.09 bits per heavy atom. The second-order valence-electron chi connectivity index (χ2n) is 7.21. The number of allylic oxidation sites excluding steroid dienone is 4. The number of rotatable bonds is 6. The van der Waals surface area contributed by atoms with Crippen LogP contribution in [-0.4, -0.2) is 5.91 Å². The second kappa shape index (κ2) is 9.88. The minimum absolute atomic E-state index is 0.122. The fourth-order valence-corrected chi connectivity index (χ4v) is 3.12. The van der Waals surface area contributed by atoms with Crippen LogP contribution in [-0.2, 0) is 12.6 Å². The number of benzene rings is 2. The van der Waals surface area contributed by atoms with Crippen LogP contribution in [0.25, 0.3) is 0 Å². The Balaban J connectivity index is 1.61. The van der Waals surface area contributed by atoms with E-state index in [1.54, 1.807) is 18.2 Å². The fourth-order valence-electron chi connectivity index (χ4n) is 3.12. The molecule has 0 bridgehead atoms. The van der Waals surface area contributed by atoms with Gasteiger partial charge in [-0.25, -0.2) is 0 Å². The van der Waals surface area contributed by atoms with Gasteiger partial charge in [-0.1, -0.05) is 17.7 Å². The largest absolute Gasteiger partial charge is 0.418 e. The third-order valence-corrected chi connectivity index (χ3v) is 4.98. The van der Waals surface area contributed by atoms with E-state index in [-0.39, 0.29) is 11.3 Å². The van der Waals surface area contributed by atoms with Crippen molar-refractivity contribution in [3.05, 3.63) is 100 Å². The van der Waals surface area contributed by atoms with E-state index in [1.165, 1.54) is 11.6 Å². The summed E-state index contributed by atoms with van der Waals surface area (Å²) in [5.41, 5.74) is 6.84. The predicted octanol–water partition coefficient (Wildman–Crippen LogP) is 5.21. The summed E-state index contributed by atoms with van der Waals surface area (Å²) < 4.78 is 39.7. The van der Waals surface area contributed by atoms with Crippen molar-refractivity contribution in [2.45, 2.75) is 25.9 Å². The number of nitrogens with one attached hydrogen (secondary N) is 3. The van der Waals surface area contributed by atoms with Crippen molar-refractivity contribution >= 4 is 11.6 Å². The van der Waals surface area contributed by atoms with E-state index < -0.39 is 17.6 Å². The minimum atomic E-state index is -4.67. The van der Waals surface area contributed by atoms with E-state index in [0.29, 0.717) is 5.56 Å². The first-order chi connectivity index (χ1) is 15.3. The zero-order valence-electron chi connectivity index (χ0n) is 17.3. The maximum absolute atomic E-state index is 13.2. The molecule has 5 nitrogen and oxygen atoms in total. The number of nitriles is 1. The van der Waals surface area contributed by atoms with Crippen LogP contribution in [0.4, 0.5) is 18.9 Å². The molecular formula is C24H21F3N4O. The van der Waals surface area contributed by atoms with Gasteiger partial charge < -0.3 is 5.32 Å². The van der Waals surface area contributed by atoms with E-state index >= 15 is 0 Å². The fraction of sp³-hybridized carbons (Fsp3) is 0.167. The molecule has 3 N–H and O–H groups in total. The summed E-state index contributed by atoms with van der Waals surface area (Å²) in [4.78, 5) is 12.4. The van der Waals surface area contributed by atoms with Gasteiger partial charge in [-0.15, -0.1) is 0 Å². The number of hydrogen-bond acceptors (Lipinski definition) is 4. The summed E-state index contributed by atoms with van der Waals surface area (Å²) in [5.74, 6) is -0.572. The molecule has 1 heterocycles. The van der Waals surface area contributed by atoms with Gasteiger partial charge in [-0.2, -0.15) is 18.4 Å². The van der Waals surface area contributed by atoms with Crippen LogP contribution in [0, 0.1) is 11.3 Å². The Labute approximate surface area is 183 Å². The lowest BCUT2D eigenvalue weighted by Gasteiger charge is -2.15. The molecule has 3 rings (SSSR count). The lowest BCUT2D eigenvalue weighted by molar-refractivity contribution is -0.137. The quantitative estimate of drug-likeness (QED) is 0.541. The highest BCUT2D eigenvalue weighted by Gasteiger charge is 2.34. The van der Waals surface area contributed by atoms with Gasteiger partial charge in [0, 0.05) is 18.0 Å². The van der Waals surface area contributed by atoms with Crippen LogP contribution in [0.2, 0.25) is 0 Å². The Morgan fingerprint density at radius 2 is 1.78 bits per heavy atom. The molecule has 0 atom stereocenters. The van der Waals surface area contributed by atoms with Crippen LogP contribution in [0.1, 0.15) is 40.4 Å². The van der Waals surface area contributed by atoms with Crippen molar-refractivity contribution in [3.8, 4) is 6.07 Å². The maximum atomic E-state index is 13.2. The van der Waals surface area contributed by atoms with E-state index in [1.807, 2.05) is 36.7 Å². The first kappa shape index (κ1) is 22.7. The molecule has 164 valence electrons. The minimum Gasteiger partial charge on any atom is -0.368 e. The van der Waals surface area contributed by atoms with Gasteiger partial charge in [0.15, 0.2) is 0 Å². The van der Waals surface area contributed by atoms with Gasteiger partial charge in [0.2, 0.25) is 0 Å². The molecule has 1 aliphatic heterocycles. The van der Waals surface area contributed by atoms with Crippen LogP contribution >= 0.6 is 0 Å². The summed E-state index contributed by atoms with van der Waals surface area (Å²) in [7, 11) is 0. The third-order valence-electron chi connectivity index (χ3n) is 4.98. The van der Waals surface area contributed by atoms with Gasteiger partial charge in [-0.05, 0) is 73.4 Å². The number of alkyl halides is 3. The van der Waals surface area contributed by atoms with E-state index in [2.05, 4.69) is 23.1 Å². The molecule has 0 spiro atoms. The highest BCUT2D eigenvalue weighted by atomic mass is 19.4. The van der Waals surface area contributed by atoms with Crippen molar-refractivity contribution in [3.63, 3.8) is 0 Å². The molecule has 0 unspecified atom stereocenters. The van der Waals surface area contributed by atoms with Gasteiger partial charge >= 0.3 is 6.18 Å². The molecule has 1 amide bonds. The lowest BCUT2D eigenvalue weighted by Crippen LogP contribution is -2.30. The average molecular weight is 438 g/mol. The van der Waals surface area contributed by atoms with E-state index in [9.17, 15) is 18.0 Å². The summed E-state index contributed by atoms with van der Waals surface area (Å²) in [6.07, 6.45) is 4.74. The number of aryl methyl sites for hydroxylation is 1. The van der Waals surface area contributed by atoms with E-state index in [4.69, 9.17) is 5.26 Å². The highest BCUT2D eigenvalue weighted by molar-refractivity contribution is 5.95. The zero-order chi connectivity index (χ0) is 23.1. The van der Waals surface area contributed by atoms with Crippen molar-refractivity contribution in [2.75, 3.05) is 5.43 Å². The molecule has 0 fully saturated rings. The zero-order valence-corrected chi connectivity index (χ0v) is 17.3. The Kier molecular flexibility index (Phi) is 7.00. The van der Waals surface area contributed by atoms with Crippen molar-refractivity contribution in [2.24, 2.45) is 0 Å². The van der Waals surface area contributed by atoms with Gasteiger partial charge in [0.05, 0.1) is 22.9 Å².